The number of amides is 2. The molecule has 0 aliphatic heterocycles. The van der Waals surface area contributed by atoms with Crippen LogP contribution < -0.4 is 24.8 Å². The van der Waals surface area contributed by atoms with E-state index in [1.807, 2.05) is 0 Å². The molecule has 0 unspecified atom stereocenters. The number of hydrogen-bond donors (Lipinski definition) is 3. The molecule has 0 bridgehead atoms. The monoisotopic (exact) mass is 615 g/mol. The summed E-state index contributed by atoms with van der Waals surface area (Å²) in [5.41, 5.74) is -0.321. The Labute approximate surface area is 273 Å². The number of hydrogen-bond acceptors (Lipinski definition) is 7. The van der Waals surface area contributed by atoms with E-state index in [4.69, 9.17) is 19.3 Å². The van der Waals surface area contributed by atoms with Crippen molar-refractivity contribution in [2.75, 3.05) is 24.4 Å². The zero-order chi connectivity index (χ0) is 30.6. The first-order chi connectivity index (χ1) is 20.7. The summed E-state index contributed by atoms with van der Waals surface area (Å²) in [5, 5.41) is 14.5. The molecule has 0 radical (unpaired) electrons. The Morgan fingerprint density at radius 3 is 2.20 bits per heavy atom. The van der Waals surface area contributed by atoms with Gasteiger partial charge in [0.25, 0.3) is 0 Å². The number of pyridine rings is 1. The number of aliphatic carboxylic acids is 1. The van der Waals surface area contributed by atoms with E-state index in [9.17, 15) is 18.8 Å². The number of anilines is 2. The molecular formula is C31H28F2N3NaO7. The zero-order valence-corrected chi connectivity index (χ0v) is 23.0. The second kappa shape index (κ2) is 14.0. The number of carboxylic acid groups (broad SMARTS) is 1. The van der Waals surface area contributed by atoms with Gasteiger partial charge in [-0.25, -0.2) is 8.78 Å². The number of nitrogens with zero attached hydrogens (tertiary/aromatic N) is 1. The fourth-order valence-corrected chi connectivity index (χ4v) is 4.39. The first-order valence-electron chi connectivity index (χ1n) is 13.4. The Balaban J connectivity index is 0.00000442. The predicted molar refractivity (Wildman–Crippen MR) is 160 cm³/mol. The van der Waals surface area contributed by atoms with Gasteiger partial charge < -0.3 is 30.0 Å². The van der Waals surface area contributed by atoms with Crippen molar-refractivity contribution in [3.63, 3.8) is 0 Å². The number of carboxylic acids is 1. The van der Waals surface area contributed by atoms with Gasteiger partial charge in [0.05, 0.1) is 19.2 Å². The van der Waals surface area contributed by atoms with Crippen LogP contribution in [0.25, 0.3) is 10.9 Å². The Morgan fingerprint density at radius 2 is 1.57 bits per heavy atom. The summed E-state index contributed by atoms with van der Waals surface area (Å²) in [5.74, 6) is -2.33. The van der Waals surface area contributed by atoms with Crippen molar-refractivity contribution in [1.29, 1.82) is 0 Å². The molecule has 3 aromatic carbocycles. The van der Waals surface area contributed by atoms with Crippen LogP contribution in [0.1, 0.15) is 25.7 Å². The number of carbonyl (C=O) groups is 3. The van der Waals surface area contributed by atoms with E-state index in [1.54, 1.807) is 18.2 Å². The molecule has 10 nitrogen and oxygen atoms in total. The second-order valence-corrected chi connectivity index (χ2v) is 9.92. The van der Waals surface area contributed by atoms with Crippen LogP contribution in [0.4, 0.5) is 20.2 Å². The summed E-state index contributed by atoms with van der Waals surface area (Å²) in [7, 11) is 1.45. The number of aromatic nitrogens is 1. The predicted octanol–water partition coefficient (Wildman–Crippen LogP) is 5.27. The molecule has 13 heteroatoms. The number of carbonyl (C=O) groups excluding carboxylic acids is 2. The molecule has 2 amide bonds. The van der Waals surface area contributed by atoms with E-state index in [-0.39, 0.29) is 59.8 Å². The van der Waals surface area contributed by atoms with E-state index >= 15 is 4.39 Å². The van der Waals surface area contributed by atoms with Gasteiger partial charge >= 0.3 is 35.5 Å². The van der Waals surface area contributed by atoms with Crippen LogP contribution in [-0.2, 0) is 14.4 Å². The van der Waals surface area contributed by atoms with E-state index in [0.29, 0.717) is 47.4 Å². The maximum absolute atomic E-state index is 15.1. The van der Waals surface area contributed by atoms with Crippen molar-refractivity contribution in [3.05, 3.63) is 78.5 Å². The van der Waals surface area contributed by atoms with E-state index in [2.05, 4.69) is 15.6 Å². The van der Waals surface area contributed by atoms with Crippen LogP contribution in [0.5, 0.6) is 23.0 Å². The van der Waals surface area contributed by atoms with Gasteiger partial charge in [-0.3, -0.25) is 19.4 Å². The summed E-state index contributed by atoms with van der Waals surface area (Å²) in [6.07, 6.45) is 2.41. The standard InChI is InChI=1S/C31H27F2N3O7.Na.H/c1-41-26-16-21-23(17-27(26)42-14-2-3-28(37)38)34-13-10-24(21)43-25-9-8-20(15-22(25)33)36-30(40)31(11-12-31)29(39)35-19-6-4-18(32)5-7-19;;/h4-10,13,15-17H,2-3,11-12,14H2,1H3,(H,35,39)(H,36,40)(H,37,38);;. The van der Waals surface area contributed by atoms with Gasteiger partial charge in [0, 0.05) is 41.5 Å². The average molecular weight is 616 g/mol. The van der Waals surface area contributed by atoms with Crippen LogP contribution in [0.15, 0.2) is 66.9 Å². The number of rotatable bonds is 12. The van der Waals surface area contributed by atoms with Crippen molar-refractivity contribution in [2.45, 2.75) is 25.7 Å². The Kier molecular flexibility index (Phi) is 10.4. The Hall–Kier alpha value is -4.26. The molecule has 1 aromatic heterocycles. The molecule has 3 N–H and O–H groups in total. The molecule has 1 heterocycles. The van der Waals surface area contributed by atoms with Gasteiger partial charge in [-0.05, 0) is 67.8 Å². The van der Waals surface area contributed by atoms with Crippen LogP contribution >= 0.6 is 0 Å². The van der Waals surface area contributed by atoms with E-state index in [1.165, 1.54) is 49.7 Å². The summed E-state index contributed by atoms with van der Waals surface area (Å²) in [4.78, 5) is 40.8. The molecule has 1 fully saturated rings. The van der Waals surface area contributed by atoms with Crippen LogP contribution in [-0.4, -0.2) is 71.1 Å². The third-order valence-electron chi connectivity index (χ3n) is 6.91. The van der Waals surface area contributed by atoms with Crippen molar-refractivity contribution >= 4 is 69.6 Å². The van der Waals surface area contributed by atoms with Crippen LogP contribution in [0, 0.1) is 17.0 Å². The fourth-order valence-electron chi connectivity index (χ4n) is 4.39. The van der Waals surface area contributed by atoms with Crippen molar-refractivity contribution in [2.24, 2.45) is 5.41 Å². The number of benzene rings is 3. The first-order valence-corrected chi connectivity index (χ1v) is 13.4. The average Bonchev–Trinajstić information content (AvgIpc) is 3.80. The molecule has 0 spiro atoms. The zero-order valence-electron chi connectivity index (χ0n) is 23.0. The first kappa shape index (κ1) is 32.6. The quantitative estimate of drug-likeness (QED) is 0.112. The molecule has 5 rings (SSSR count). The number of halogens is 2. The minimum atomic E-state index is -1.30. The van der Waals surface area contributed by atoms with Gasteiger partial charge in [0.1, 0.15) is 17.0 Å². The molecule has 44 heavy (non-hydrogen) atoms. The van der Waals surface area contributed by atoms with Crippen LogP contribution in [0.2, 0.25) is 0 Å². The summed E-state index contributed by atoms with van der Waals surface area (Å²) >= 11 is 0. The van der Waals surface area contributed by atoms with Crippen molar-refractivity contribution in [1.82, 2.24) is 4.98 Å². The summed E-state index contributed by atoms with van der Waals surface area (Å²) < 4.78 is 45.3. The molecule has 1 aliphatic carbocycles. The van der Waals surface area contributed by atoms with Crippen molar-refractivity contribution in [3.8, 4) is 23.0 Å². The van der Waals surface area contributed by atoms with Gasteiger partial charge in [-0.1, -0.05) is 0 Å². The molecule has 1 aliphatic rings. The van der Waals surface area contributed by atoms with Gasteiger partial charge in [0.2, 0.25) is 11.8 Å². The van der Waals surface area contributed by atoms with Gasteiger partial charge in [-0.15, -0.1) is 0 Å². The molecule has 1 saturated carbocycles. The van der Waals surface area contributed by atoms with Crippen LogP contribution in [0.3, 0.4) is 0 Å². The fraction of sp³-hybridized carbons (Fsp3) is 0.226. The van der Waals surface area contributed by atoms with Gasteiger partial charge in [-0.2, -0.15) is 0 Å². The SMILES string of the molecule is COc1cc2c(Oc3ccc(NC(=O)C4(C(=O)Nc5ccc(F)cc5)CC4)cc3F)ccnc2cc1OCCCC(=O)O.[NaH]. The number of methoxy groups -OCH3 is 1. The third kappa shape index (κ3) is 7.44. The molecule has 0 saturated heterocycles. The number of fused-ring (bicyclic) bond motifs is 1. The Morgan fingerprint density at radius 1 is 0.886 bits per heavy atom. The molecule has 224 valence electrons. The van der Waals surface area contributed by atoms with E-state index in [0.717, 1.165) is 6.07 Å². The summed E-state index contributed by atoms with van der Waals surface area (Å²) in [6.45, 7) is 0.165. The maximum atomic E-state index is 15.1. The summed E-state index contributed by atoms with van der Waals surface area (Å²) in [6, 6.07) is 13.9. The normalized spacial score (nSPS) is 12.9. The van der Waals surface area contributed by atoms with Crippen molar-refractivity contribution < 1.29 is 42.5 Å². The molecular weight excluding hydrogens is 587 g/mol. The van der Waals surface area contributed by atoms with Gasteiger partial charge in [0.15, 0.2) is 23.1 Å². The third-order valence-corrected chi connectivity index (χ3v) is 6.91. The van der Waals surface area contributed by atoms with E-state index < -0.39 is 34.8 Å². The topological polar surface area (TPSA) is 136 Å². The molecule has 0 atom stereocenters. The number of ether oxygens (including phenoxy) is 3. The molecule has 4 aromatic rings. The minimum absolute atomic E-state index is 0. The second-order valence-electron chi connectivity index (χ2n) is 9.92. The Bertz CT molecular complexity index is 1700. The number of nitrogens with one attached hydrogen (secondary N) is 2.